The van der Waals surface area contributed by atoms with Crippen LogP contribution in [0.5, 0.6) is 0 Å². The van der Waals surface area contributed by atoms with Crippen molar-refractivity contribution >= 4 is 11.4 Å². The Hall–Kier alpha value is -6.18. The lowest BCUT2D eigenvalue weighted by Gasteiger charge is -2.34. The molecule has 2 aliphatic carbocycles. The highest BCUT2D eigenvalue weighted by Gasteiger charge is 2.45. The summed E-state index contributed by atoms with van der Waals surface area (Å²) in [7, 11) is 0. The summed E-state index contributed by atoms with van der Waals surface area (Å²) < 4.78 is 0. The highest BCUT2D eigenvalue weighted by Crippen LogP contribution is 2.56. The normalized spacial score (nSPS) is 14.0. The fourth-order valence-electron chi connectivity index (χ4n) is 8.12. The first-order chi connectivity index (χ1) is 24.8. The van der Waals surface area contributed by atoms with Gasteiger partial charge in [-0.3, -0.25) is 0 Å². The summed E-state index contributed by atoms with van der Waals surface area (Å²) >= 11 is 0. The van der Waals surface area contributed by atoms with Gasteiger partial charge in [0.25, 0.3) is 0 Å². The summed E-state index contributed by atoms with van der Waals surface area (Å²) in [6.07, 6.45) is 8.74. The van der Waals surface area contributed by atoms with E-state index in [1.54, 1.807) is 0 Å². The van der Waals surface area contributed by atoms with Crippen LogP contribution in [-0.4, -0.2) is 0 Å². The largest absolute Gasteiger partial charge is 0.314 e. The van der Waals surface area contributed by atoms with Crippen molar-refractivity contribution in [1.82, 2.24) is 0 Å². The molecule has 0 aliphatic heterocycles. The van der Waals surface area contributed by atoms with Gasteiger partial charge in [-0.25, -0.2) is 0 Å². The zero-order valence-corrected chi connectivity index (χ0v) is 27.9. The Kier molecular flexibility index (Phi) is 7.59. The summed E-state index contributed by atoms with van der Waals surface area (Å²) in [6.45, 7) is 0. The molecule has 0 aromatic heterocycles. The van der Waals surface area contributed by atoms with E-state index in [2.05, 4.69) is 205 Å². The molecule has 0 N–H and O–H groups in total. The Morgan fingerprint density at radius 2 is 0.840 bits per heavy atom. The number of hydrogen-bond donors (Lipinski definition) is 0. The van der Waals surface area contributed by atoms with Crippen molar-refractivity contribution in [2.45, 2.75) is 18.3 Å². The van der Waals surface area contributed by atoms with Crippen molar-refractivity contribution in [2.75, 3.05) is 4.90 Å². The minimum absolute atomic E-state index is 0.379. The smallest absolute Gasteiger partial charge is 0.0713 e. The number of allylic oxidation sites excluding steroid dienone is 4. The molecule has 0 radical (unpaired) electrons. The van der Waals surface area contributed by atoms with E-state index in [1.165, 1.54) is 72.7 Å². The van der Waals surface area contributed by atoms with Gasteiger partial charge in [0.15, 0.2) is 0 Å². The summed E-state index contributed by atoms with van der Waals surface area (Å²) in [6, 6.07) is 66.7. The first kappa shape index (κ1) is 29.9. The van der Waals surface area contributed by atoms with E-state index in [9.17, 15) is 0 Å². The predicted molar refractivity (Wildman–Crippen MR) is 210 cm³/mol. The molecule has 50 heavy (non-hydrogen) atoms. The van der Waals surface area contributed by atoms with E-state index in [4.69, 9.17) is 0 Å². The zero-order chi connectivity index (χ0) is 33.3. The van der Waals surface area contributed by atoms with Crippen molar-refractivity contribution < 1.29 is 0 Å². The second-order valence-electron chi connectivity index (χ2n) is 13.2. The van der Waals surface area contributed by atoms with Crippen molar-refractivity contribution in [3.8, 4) is 33.4 Å². The third-order valence-electron chi connectivity index (χ3n) is 10.4. The molecule has 0 bridgehead atoms. The number of fused-ring (bicyclic) bond motifs is 3. The van der Waals surface area contributed by atoms with Gasteiger partial charge in [0, 0.05) is 17.1 Å². The number of anilines is 2. The minimum atomic E-state index is -0.379. The lowest BCUT2D eigenvalue weighted by Crippen LogP contribution is -2.28. The molecule has 2 aliphatic rings. The van der Waals surface area contributed by atoms with Crippen LogP contribution in [0, 0.1) is 0 Å². The van der Waals surface area contributed by atoms with E-state index in [0.717, 1.165) is 12.8 Å². The summed E-state index contributed by atoms with van der Waals surface area (Å²) in [5.41, 5.74) is 16.0. The van der Waals surface area contributed by atoms with Gasteiger partial charge in [0.2, 0.25) is 0 Å². The van der Waals surface area contributed by atoms with E-state index in [0.29, 0.717) is 0 Å². The Morgan fingerprint density at radius 1 is 0.400 bits per heavy atom. The fourth-order valence-corrected chi connectivity index (χ4v) is 8.12. The van der Waals surface area contributed by atoms with Gasteiger partial charge in [-0.1, -0.05) is 170 Å². The standard InChI is InChI=1S/C49H37N/c1-4-14-36(15-5-1)38-26-32-43(33-27-38)50(42-18-8-3-9-19-42)44-34-28-39(29-35-44)37-24-30-41(31-25-37)49(40-16-6-2-7-17-40)47-22-12-10-20-45(47)46-21-11-13-23-48(46)49/h1-8,10-18,20-35H,9,19H2. The molecule has 1 heteroatoms. The molecule has 0 spiro atoms. The molecule has 238 valence electrons. The van der Waals surface area contributed by atoms with E-state index < -0.39 is 0 Å². The molecule has 0 saturated carbocycles. The summed E-state index contributed by atoms with van der Waals surface area (Å²) in [5.74, 6) is 0. The number of nitrogens with zero attached hydrogens (tertiary/aromatic N) is 1. The highest BCUT2D eigenvalue weighted by atomic mass is 15.1. The maximum atomic E-state index is 2.41. The molecule has 1 nitrogen and oxygen atoms in total. The lowest BCUT2D eigenvalue weighted by molar-refractivity contribution is 0.768. The molecule has 0 atom stereocenters. The number of benzene rings is 7. The van der Waals surface area contributed by atoms with Crippen LogP contribution in [0.1, 0.15) is 35.1 Å². The maximum Gasteiger partial charge on any atom is 0.0713 e. The first-order valence-corrected chi connectivity index (χ1v) is 17.6. The molecule has 0 heterocycles. The second-order valence-corrected chi connectivity index (χ2v) is 13.2. The van der Waals surface area contributed by atoms with Gasteiger partial charge in [-0.2, -0.15) is 0 Å². The van der Waals surface area contributed by atoms with Crippen molar-refractivity contribution in [2.24, 2.45) is 0 Å². The van der Waals surface area contributed by atoms with Crippen molar-refractivity contribution in [1.29, 1.82) is 0 Å². The molecular formula is C49H37N. The Balaban J connectivity index is 1.08. The van der Waals surface area contributed by atoms with Crippen molar-refractivity contribution in [3.63, 3.8) is 0 Å². The second kappa shape index (κ2) is 12.7. The Bertz CT molecular complexity index is 2280. The van der Waals surface area contributed by atoms with Gasteiger partial charge >= 0.3 is 0 Å². The van der Waals surface area contributed by atoms with Crippen LogP contribution in [0.2, 0.25) is 0 Å². The van der Waals surface area contributed by atoms with E-state index in [-0.39, 0.29) is 5.41 Å². The van der Waals surface area contributed by atoms with Crippen LogP contribution >= 0.6 is 0 Å². The van der Waals surface area contributed by atoms with Crippen LogP contribution in [-0.2, 0) is 5.41 Å². The SMILES string of the molecule is C1=CCCC(N(c2ccc(-c3ccccc3)cc2)c2ccc(-c3ccc(C4(c5ccccc5)c5ccccc5-c5ccccc54)cc3)cc2)=C1. The lowest BCUT2D eigenvalue weighted by atomic mass is 9.67. The molecule has 0 fully saturated rings. The third kappa shape index (κ3) is 5.02. The summed E-state index contributed by atoms with van der Waals surface area (Å²) in [4.78, 5) is 2.41. The molecular weight excluding hydrogens is 603 g/mol. The molecule has 0 unspecified atom stereocenters. The van der Waals surface area contributed by atoms with Crippen LogP contribution in [0.3, 0.4) is 0 Å². The number of rotatable bonds is 7. The fraction of sp³-hybridized carbons (Fsp3) is 0.0612. The monoisotopic (exact) mass is 639 g/mol. The zero-order valence-electron chi connectivity index (χ0n) is 27.9. The van der Waals surface area contributed by atoms with Crippen LogP contribution in [0.25, 0.3) is 33.4 Å². The van der Waals surface area contributed by atoms with Gasteiger partial charge in [-0.15, -0.1) is 0 Å². The number of hydrogen-bond acceptors (Lipinski definition) is 1. The van der Waals surface area contributed by atoms with Crippen molar-refractivity contribution in [3.05, 3.63) is 228 Å². The van der Waals surface area contributed by atoms with Crippen LogP contribution < -0.4 is 4.90 Å². The Morgan fingerprint density at radius 3 is 1.36 bits per heavy atom. The van der Waals surface area contributed by atoms with E-state index in [1.807, 2.05) is 0 Å². The molecule has 0 amide bonds. The van der Waals surface area contributed by atoms with Gasteiger partial charge < -0.3 is 4.90 Å². The topological polar surface area (TPSA) is 3.24 Å². The average molecular weight is 640 g/mol. The average Bonchev–Trinajstić information content (AvgIpc) is 3.51. The Labute approximate surface area is 295 Å². The molecule has 7 aromatic carbocycles. The highest BCUT2D eigenvalue weighted by molar-refractivity contribution is 5.86. The van der Waals surface area contributed by atoms with E-state index >= 15 is 0 Å². The third-order valence-corrected chi connectivity index (χ3v) is 10.4. The summed E-state index contributed by atoms with van der Waals surface area (Å²) in [5, 5.41) is 0. The van der Waals surface area contributed by atoms with Gasteiger partial charge in [0.05, 0.1) is 5.41 Å². The van der Waals surface area contributed by atoms with Crippen LogP contribution in [0.4, 0.5) is 11.4 Å². The maximum absolute atomic E-state index is 2.41. The molecule has 0 saturated heterocycles. The quantitative estimate of drug-likeness (QED) is 0.168. The van der Waals surface area contributed by atoms with Crippen LogP contribution in [0.15, 0.2) is 206 Å². The molecule has 7 aromatic rings. The minimum Gasteiger partial charge on any atom is -0.314 e. The van der Waals surface area contributed by atoms with Gasteiger partial charge in [-0.05, 0) is 98.8 Å². The predicted octanol–water partition coefficient (Wildman–Crippen LogP) is 12.8. The first-order valence-electron chi connectivity index (χ1n) is 17.6. The molecule has 9 rings (SSSR count). The van der Waals surface area contributed by atoms with Gasteiger partial charge in [0.1, 0.15) is 0 Å².